The highest BCUT2D eigenvalue weighted by Gasteiger charge is 2.30. The Morgan fingerprint density at radius 2 is 2.27 bits per heavy atom. The van der Waals surface area contributed by atoms with Gasteiger partial charge in [0.05, 0.1) is 11.4 Å². The average molecular weight is 233 g/mol. The Kier molecular flexibility index (Phi) is 5.79. The Labute approximate surface area is 95.4 Å². The van der Waals surface area contributed by atoms with Crippen molar-refractivity contribution >= 4 is 10.8 Å². The number of nitrogens with one attached hydrogen (secondary N) is 1. The van der Waals surface area contributed by atoms with Crippen LogP contribution in [-0.4, -0.2) is 40.5 Å². The minimum atomic E-state index is -0.744. The molecule has 4 atom stereocenters. The summed E-state index contributed by atoms with van der Waals surface area (Å²) in [5.41, 5.74) is 0. The van der Waals surface area contributed by atoms with Crippen LogP contribution >= 0.6 is 0 Å². The molecular weight excluding hydrogens is 210 g/mol. The molecule has 0 bridgehead atoms. The van der Waals surface area contributed by atoms with Crippen LogP contribution in [0.4, 0.5) is 0 Å². The molecule has 0 saturated carbocycles. The Balaban J connectivity index is 2.39. The predicted molar refractivity (Wildman–Crippen MR) is 64.6 cm³/mol. The first-order valence-corrected chi connectivity index (χ1v) is 7.29. The molecule has 1 saturated heterocycles. The first kappa shape index (κ1) is 13.1. The minimum absolute atomic E-state index is 0.171. The van der Waals surface area contributed by atoms with E-state index in [1.54, 1.807) is 0 Å². The Morgan fingerprint density at radius 1 is 1.53 bits per heavy atom. The topological polar surface area (TPSA) is 38.3 Å². The third-order valence-corrected chi connectivity index (χ3v) is 5.02. The van der Waals surface area contributed by atoms with Crippen molar-refractivity contribution in [2.24, 2.45) is 0 Å². The van der Waals surface area contributed by atoms with E-state index < -0.39 is 10.8 Å². The van der Waals surface area contributed by atoms with Gasteiger partial charge in [0.2, 0.25) is 0 Å². The fourth-order valence-corrected chi connectivity index (χ4v) is 3.85. The fraction of sp³-hybridized carbons (Fsp3) is 1.00. The van der Waals surface area contributed by atoms with Crippen molar-refractivity contribution in [1.82, 2.24) is 5.32 Å². The molecule has 4 unspecified atom stereocenters. The maximum absolute atomic E-state index is 12.1. The van der Waals surface area contributed by atoms with Gasteiger partial charge in [-0.25, -0.2) is 0 Å². The fourth-order valence-electron chi connectivity index (χ4n) is 1.99. The highest BCUT2D eigenvalue weighted by Crippen LogP contribution is 2.19. The Hall–Kier alpha value is 0.0700. The molecule has 3 nitrogen and oxygen atoms in total. The third-order valence-electron chi connectivity index (χ3n) is 3.00. The van der Waals surface area contributed by atoms with Crippen molar-refractivity contribution in [1.29, 1.82) is 0 Å². The zero-order chi connectivity index (χ0) is 11.3. The maximum Gasteiger partial charge on any atom is 0.0691 e. The summed E-state index contributed by atoms with van der Waals surface area (Å²) in [5.74, 6) is 0.767. The molecule has 1 aliphatic heterocycles. The van der Waals surface area contributed by atoms with Gasteiger partial charge in [0.1, 0.15) is 0 Å². The van der Waals surface area contributed by atoms with Gasteiger partial charge in [0.25, 0.3) is 0 Å². The quantitative estimate of drug-likeness (QED) is 0.751. The molecular formula is C11H23NO2S. The van der Waals surface area contributed by atoms with Crippen LogP contribution in [0, 0.1) is 0 Å². The molecule has 0 aliphatic carbocycles. The van der Waals surface area contributed by atoms with E-state index in [9.17, 15) is 4.21 Å². The zero-order valence-corrected chi connectivity index (χ0v) is 10.8. The summed E-state index contributed by atoms with van der Waals surface area (Å²) in [6, 6.07) is 0.392. The van der Waals surface area contributed by atoms with Crippen molar-refractivity contribution < 1.29 is 8.95 Å². The molecule has 0 aromatic rings. The molecule has 1 N–H and O–H groups in total. The van der Waals surface area contributed by atoms with Crippen LogP contribution in [0.5, 0.6) is 0 Å². The molecule has 1 rings (SSSR count). The summed E-state index contributed by atoms with van der Waals surface area (Å²) in [5, 5.41) is 3.62. The molecule has 0 spiro atoms. The van der Waals surface area contributed by atoms with Crippen molar-refractivity contribution in [3.63, 3.8) is 0 Å². The van der Waals surface area contributed by atoms with Gasteiger partial charge in [0, 0.05) is 29.2 Å². The second kappa shape index (κ2) is 6.61. The molecule has 0 aromatic heterocycles. The van der Waals surface area contributed by atoms with E-state index >= 15 is 0 Å². The number of hydrogen-bond donors (Lipinski definition) is 1. The normalized spacial score (nSPS) is 30.3. The Morgan fingerprint density at radius 3 is 2.73 bits per heavy atom. The summed E-state index contributed by atoms with van der Waals surface area (Å²) < 4.78 is 17.5. The summed E-state index contributed by atoms with van der Waals surface area (Å²) in [7, 11) is -0.744. The van der Waals surface area contributed by atoms with E-state index in [1.165, 1.54) is 0 Å². The molecule has 0 radical (unpaired) electrons. The molecule has 0 amide bonds. The van der Waals surface area contributed by atoms with Crippen LogP contribution in [0.1, 0.15) is 33.6 Å². The van der Waals surface area contributed by atoms with E-state index in [0.717, 1.165) is 31.7 Å². The first-order chi connectivity index (χ1) is 7.19. The van der Waals surface area contributed by atoms with Gasteiger partial charge >= 0.3 is 0 Å². The van der Waals surface area contributed by atoms with Crippen molar-refractivity contribution in [2.45, 2.75) is 51.0 Å². The lowest BCUT2D eigenvalue weighted by atomic mass is 10.2. The largest absolute Gasteiger partial charge is 0.377 e. The van der Waals surface area contributed by atoms with Gasteiger partial charge in [-0.15, -0.1) is 0 Å². The smallest absolute Gasteiger partial charge is 0.0691 e. The highest BCUT2D eigenvalue weighted by atomic mass is 32.2. The van der Waals surface area contributed by atoms with Gasteiger partial charge in [-0.3, -0.25) is 4.21 Å². The van der Waals surface area contributed by atoms with E-state index in [1.807, 2.05) is 6.92 Å². The molecule has 1 heterocycles. The molecule has 15 heavy (non-hydrogen) atoms. The highest BCUT2D eigenvalue weighted by molar-refractivity contribution is 7.85. The van der Waals surface area contributed by atoms with E-state index in [-0.39, 0.29) is 11.4 Å². The Bertz CT molecular complexity index is 211. The van der Waals surface area contributed by atoms with Gasteiger partial charge in [-0.2, -0.15) is 0 Å². The maximum atomic E-state index is 12.1. The van der Waals surface area contributed by atoms with Crippen molar-refractivity contribution in [3.8, 4) is 0 Å². The van der Waals surface area contributed by atoms with Gasteiger partial charge in [-0.1, -0.05) is 13.8 Å². The summed E-state index contributed by atoms with van der Waals surface area (Å²) >= 11 is 0. The lowest BCUT2D eigenvalue weighted by Crippen LogP contribution is -2.37. The van der Waals surface area contributed by atoms with Gasteiger partial charge in [0.15, 0.2) is 0 Å². The molecule has 4 heteroatoms. The van der Waals surface area contributed by atoms with Crippen molar-refractivity contribution in [3.05, 3.63) is 0 Å². The monoisotopic (exact) mass is 233 g/mol. The number of ether oxygens (including phenoxy) is 1. The second-order valence-corrected chi connectivity index (χ2v) is 5.81. The summed E-state index contributed by atoms with van der Waals surface area (Å²) in [6.45, 7) is 7.98. The third kappa shape index (κ3) is 3.85. The SMILES string of the molecule is CCNC(CC)CS(=O)C1CCOC1C. The summed E-state index contributed by atoms with van der Waals surface area (Å²) in [4.78, 5) is 0. The van der Waals surface area contributed by atoms with Gasteiger partial charge in [-0.05, 0) is 26.3 Å². The van der Waals surface area contributed by atoms with Crippen LogP contribution in [0.25, 0.3) is 0 Å². The average Bonchev–Trinajstić information content (AvgIpc) is 2.63. The second-order valence-electron chi connectivity index (χ2n) is 4.11. The standard InChI is InChI=1S/C11H23NO2S/c1-4-10(12-5-2)8-15(13)11-6-7-14-9(11)3/h9-12H,4-8H2,1-3H3. The number of rotatable bonds is 6. The van der Waals surface area contributed by atoms with Crippen LogP contribution in [0.2, 0.25) is 0 Å². The molecule has 90 valence electrons. The van der Waals surface area contributed by atoms with Crippen molar-refractivity contribution in [2.75, 3.05) is 18.9 Å². The molecule has 1 fully saturated rings. The molecule has 1 aliphatic rings. The zero-order valence-electron chi connectivity index (χ0n) is 9.99. The molecule has 0 aromatic carbocycles. The lowest BCUT2D eigenvalue weighted by molar-refractivity contribution is 0.127. The first-order valence-electron chi connectivity index (χ1n) is 5.91. The van der Waals surface area contributed by atoms with Gasteiger partial charge < -0.3 is 10.1 Å². The minimum Gasteiger partial charge on any atom is -0.377 e. The number of hydrogen-bond acceptors (Lipinski definition) is 3. The van der Waals surface area contributed by atoms with Crippen LogP contribution in [0.15, 0.2) is 0 Å². The van der Waals surface area contributed by atoms with Crippen LogP contribution in [0.3, 0.4) is 0 Å². The van der Waals surface area contributed by atoms with Crippen LogP contribution < -0.4 is 5.32 Å². The van der Waals surface area contributed by atoms with Crippen LogP contribution in [-0.2, 0) is 15.5 Å². The van der Waals surface area contributed by atoms with E-state index in [4.69, 9.17) is 4.74 Å². The summed E-state index contributed by atoms with van der Waals surface area (Å²) in [6.07, 6.45) is 2.17. The van der Waals surface area contributed by atoms with E-state index in [0.29, 0.717) is 6.04 Å². The predicted octanol–water partition coefficient (Wildman–Crippen LogP) is 1.30. The lowest BCUT2D eigenvalue weighted by Gasteiger charge is -2.19. The van der Waals surface area contributed by atoms with E-state index in [2.05, 4.69) is 19.2 Å².